The number of ether oxygens (including phenoxy) is 2. The van der Waals surface area contributed by atoms with E-state index >= 15 is 0 Å². The van der Waals surface area contributed by atoms with Crippen molar-refractivity contribution in [3.63, 3.8) is 0 Å². The number of benzene rings is 1. The molecule has 2 N–H and O–H groups in total. The SMILES string of the molecule is CCNC(=NCCOc1ccc(F)cc1F)NC1CCN(C(=O)OCC)CC1.I. The number of guanidine groups is 1. The van der Waals surface area contributed by atoms with E-state index in [1.165, 1.54) is 6.07 Å². The van der Waals surface area contributed by atoms with Gasteiger partial charge in [0.15, 0.2) is 17.5 Å². The Morgan fingerprint density at radius 1 is 1.28 bits per heavy atom. The predicted molar refractivity (Wildman–Crippen MR) is 118 cm³/mol. The van der Waals surface area contributed by atoms with E-state index in [0.717, 1.165) is 25.0 Å². The molecular formula is C19H29F2IN4O3. The molecule has 0 unspecified atom stereocenters. The molecule has 1 heterocycles. The van der Waals surface area contributed by atoms with Crippen molar-refractivity contribution >= 4 is 36.0 Å². The normalized spacial score (nSPS) is 14.8. The number of hydrogen-bond acceptors (Lipinski definition) is 4. The summed E-state index contributed by atoms with van der Waals surface area (Å²) in [6.45, 7) is 6.56. The Morgan fingerprint density at radius 3 is 2.62 bits per heavy atom. The first kappa shape index (κ1) is 25.2. The quantitative estimate of drug-likeness (QED) is 0.247. The summed E-state index contributed by atoms with van der Waals surface area (Å²) in [5, 5.41) is 6.50. The monoisotopic (exact) mass is 526 g/mol. The van der Waals surface area contributed by atoms with E-state index in [0.29, 0.717) is 38.7 Å². The highest BCUT2D eigenvalue weighted by Gasteiger charge is 2.24. The highest BCUT2D eigenvalue weighted by atomic mass is 127. The van der Waals surface area contributed by atoms with E-state index in [9.17, 15) is 13.6 Å². The molecule has 0 aliphatic carbocycles. The van der Waals surface area contributed by atoms with Crippen LogP contribution in [0.3, 0.4) is 0 Å². The molecule has 1 saturated heterocycles. The van der Waals surface area contributed by atoms with E-state index in [1.807, 2.05) is 6.92 Å². The van der Waals surface area contributed by atoms with Gasteiger partial charge in [-0.05, 0) is 38.8 Å². The van der Waals surface area contributed by atoms with Crippen molar-refractivity contribution in [1.82, 2.24) is 15.5 Å². The highest BCUT2D eigenvalue weighted by molar-refractivity contribution is 14.0. The lowest BCUT2D eigenvalue weighted by Gasteiger charge is -2.32. The van der Waals surface area contributed by atoms with Crippen LogP contribution < -0.4 is 15.4 Å². The molecule has 1 aliphatic heterocycles. The fraction of sp³-hybridized carbons (Fsp3) is 0.579. The van der Waals surface area contributed by atoms with Crippen LogP contribution in [-0.2, 0) is 4.74 Å². The number of nitrogens with one attached hydrogen (secondary N) is 2. The van der Waals surface area contributed by atoms with E-state index in [2.05, 4.69) is 15.6 Å². The van der Waals surface area contributed by atoms with Gasteiger partial charge >= 0.3 is 6.09 Å². The van der Waals surface area contributed by atoms with Gasteiger partial charge in [0.25, 0.3) is 0 Å². The van der Waals surface area contributed by atoms with E-state index in [4.69, 9.17) is 9.47 Å². The molecule has 0 saturated carbocycles. The van der Waals surface area contributed by atoms with Gasteiger partial charge < -0.3 is 25.0 Å². The zero-order chi connectivity index (χ0) is 20.4. The lowest BCUT2D eigenvalue weighted by molar-refractivity contribution is 0.0963. The fourth-order valence-electron chi connectivity index (χ4n) is 2.84. The Balaban J connectivity index is 0.00000420. The summed E-state index contributed by atoms with van der Waals surface area (Å²) in [5.74, 6) is -0.737. The number of rotatable bonds is 7. The number of likely N-dealkylation sites (tertiary alicyclic amines) is 1. The van der Waals surface area contributed by atoms with Crippen LogP contribution in [0.1, 0.15) is 26.7 Å². The van der Waals surface area contributed by atoms with Crippen molar-refractivity contribution in [3.8, 4) is 5.75 Å². The Bertz CT molecular complexity index is 671. The van der Waals surface area contributed by atoms with E-state index in [1.54, 1.807) is 11.8 Å². The average Bonchev–Trinajstić information content (AvgIpc) is 2.67. The molecule has 1 aromatic rings. The van der Waals surface area contributed by atoms with Crippen LogP contribution in [0.15, 0.2) is 23.2 Å². The van der Waals surface area contributed by atoms with Crippen LogP contribution in [0.5, 0.6) is 5.75 Å². The van der Waals surface area contributed by atoms with Crippen LogP contribution in [-0.4, -0.2) is 62.4 Å². The molecule has 1 fully saturated rings. The van der Waals surface area contributed by atoms with Crippen molar-refractivity contribution in [1.29, 1.82) is 0 Å². The minimum absolute atomic E-state index is 0. The van der Waals surface area contributed by atoms with Gasteiger partial charge in [0.2, 0.25) is 0 Å². The van der Waals surface area contributed by atoms with Gasteiger partial charge in [-0.1, -0.05) is 0 Å². The van der Waals surface area contributed by atoms with Crippen LogP contribution in [0.25, 0.3) is 0 Å². The van der Waals surface area contributed by atoms with Crippen LogP contribution in [0.4, 0.5) is 13.6 Å². The molecule has 29 heavy (non-hydrogen) atoms. The molecule has 7 nitrogen and oxygen atoms in total. The predicted octanol–water partition coefficient (Wildman–Crippen LogP) is 3.14. The molecule has 2 rings (SSSR count). The molecule has 0 bridgehead atoms. The number of carbonyl (C=O) groups is 1. The molecule has 0 radical (unpaired) electrons. The first-order chi connectivity index (χ1) is 13.5. The number of piperidine rings is 1. The standard InChI is InChI=1S/C19H28F2N4O3.HI/c1-3-22-18(23-9-12-28-17-6-5-14(20)13-16(17)21)24-15-7-10-25(11-8-15)19(26)27-4-2;/h5-6,13,15H,3-4,7-12H2,1-2H3,(H2,22,23,24);1H. The number of amides is 1. The van der Waals surface area contributed by atoms with Gasteiger partial charge in [0, 0.05) is 31.7 Å². The number of nitrogens with zero attached hydrogens (tertiary/aromatic N) is 2. The Hall–Kier alpha value is -1.85. The van der Waals surface area contributed by atoms with Crippen molar-refractivity contribution in [2.75, 3.05) is 39.4 Å². The maximum absolute atomic E-state index is 13.5. The summed E-state index contributed by atoms with van der Waals surface area (Å²) < 4.78 is 36.8. The van der Waals surface area contributed by atoms with Crippen molar-refractivity contribution in [2.45, 2.75) is 32.7 Å². The second kappa shape index (κ2) is 13.4. The molecule has 0 aromatic heterocycles. The van der Waals surface area contributed by atoms with Gasteiger partial charge in [-0.25, -0.2) is 18.6 Å². The topological polar surface area (TPSA) is 75.2 Å². The molecule has 0 spiro atoms. The minimum Gasteiger partial charge on any atom is -0.489 e. The summed E-state index contributed by atoms with van der Waals surface area (Å²) >= 11 is 0. The molecule has 1 aromatic carbocycles. The molecule has 1 amide bonds. The first-order valence-corrected chi connectivity index (χ1v) is 9.57. The maximum atomic E-state index is 13.5. The Morgan fingerprint density at radius 2 is 2.00 bits per heavy atom. The number of aliphatic imine (C=N–C) groups is 1. The van der Waals surface area contributed by atoms with Gasteiger partial charge in [-0.15, -0.1) is 24.0 Å². The van der Waals surface area contributed by atoms with Crippen molar-refractivity contribution < 1.29 is 23.0 Å². The van der Waals surface area contributed by atoms with Crippen molar-refractivity contribution in [2.24, 2.45) is 4.99 Å². The Labute approximate surface area is 187 Å². The summed E-state index contributed by atoms with van der Waals surface area (Å²) in [5.41, 5.74) is 0. The molecule has 10 heteroatoms. The zero-order valence-corrected chi connectivity index (χ0v) is 19.1. The van der Waals surface area contributed by atoms with Gasteiger partial charge in [-0.3, -0.25) is 0 Å². The van der Waals surface area contributed by atoms with Crippen molar-refractivity contribution in [3.05, 3.63) is 29.8 Å². The van der Waals surface area contributed by atoms with Crippen LogP contribution in [0, 0.1) is 11.6 Å². The van der Waals surface area contributed by atoms with E-state index in [-0.39, 0.29) is 48.5 Å². The maximum Gasteiger partial charge on any atom is 0.409 e. The Kier molecular flexibility index (Phi) is 11.6. The third-order valence-electron chi connectivity index (χ3n) is 4.22. The summed E-state index contributed by atoms with van der Waals surface area (Å²) in [7, 11) is 0. The second-order valence-electron chi connectivity index (χ2n) is 6.29. The number of halogens is 3. The van der Waals surface area contributed by atoms with Gasteiger partial charge in [0.1, 0.15) is 12.4 Å². The van der Waals surface area contributed by atoms with Crippen LogP contribution in [0.2, 0.25) is 0 Å². The molecule has 0 atom stereocenters. The lowest BCUT2D eigenvalue weighted by atomic mass is 10.1. The smallest absolute Gasteiger partial charge is 0.409 e. The van der Waals surface area contributed by atoms with Crippen LogP contribution >= 0.6 is 24.0 Å². The lowest BCUT2D eigenvalue weighted by Crippen LogP contribution is -2.50. The number of hydrogen-bond donors (Lipinski definition) is 2. The molecular weight excluding hydrogens is 497 g/mol. The minimum atomic E-state index is -0.734. The first-order valence-electron chi connectivity index (χ1n) is 9.57. The average molecular weight is 526 g/mol. The largest absolute Gasteiger partial charge is 0.489 e. The van der Waals surface area contributed by atoms with E-state index < -0.39 is 11.6 Å². The third kappa shape index (κ3) is 8.58. The fourth-order valence-corrected chi connectivity index (χ4v) is 2.84. The highest BCUT2D eigenvalue weighted by Crippen LogP contribution is 2.17. The molecule has 164 valence electrons. The zero-order valence-electron chi connectivity index (χ0n) is 16.7. The van der Waals surface area contributed by atoms with Gasteiger partial charge in [0.05, 0.1) is 13.2 Å². The number of carbonyl (C=O) groups excluding carboxylic acids is 1. The summed E-state index contributed by atoms with van der Waals surface area (Å²) in [6.07, 6.45) is 1.31. The summed E-state index contributed by atoms with van der Waals surface area (Å²) in [6, 6.07) is 3.39. The van der Waals surface area contributed by atoms with Gasteiger partial charge in [-0.2, -0.15) is 0 Å². The second-order valence-corrected chi connectivity index (χ2v) is 6.29. The summed E-state index contributed by atoms with van der Waals surface area (Å²) in [4.78, 5) is 17.9. The third-order valence-corrected chi connectivity index (χ3v) is 4.22. The molecule has 1 aliphatic rings.